The van der Waals surface area contributed by atoms with Crippen LogP contribution in [-0.2, 0) is 35.1 Å². The molecule has 0 spiro atoms. The number of sulfone groups is 1. The first kappa shape index (κ1) is 23.3. The highest BCUT2D eigenvalue weighted by molar-refractivity contribution is 9.10. The SMILES string of the molecule is CC1CN(S(=O)(=O)CCNC(=O)CS(=O)(=O)Cc2cccc(Br)c2)CC(C)O1. The van der Waals surface area contributed by atoms with E-state index in [-0.39, 0.29) is 43.3 Å². The minimum Gasteiger partial charge on any atom is -0.373 e. The molecule has 0 aromatic heterocycles. The highest BCUT2D eigenvalue weighted by atomic mass is 79.9. The van der Waals surface area contributed by atoms with Crippen molar-refractivity contribution in [3.63, 3.8) is 0 Å². The van der Waals surface area contributed by atoms with Gasteiger partial charge in [0.2, 0.25) is 15.9 Å². The summed E-state index contributed by atoms with van der Waals surface area (Å²) in [5.41, 5.74) is 0.570. The molecule has 1 amide bonds. The zero-order valence-electron chi connectivity index (χ0n) is 15.8. The number of ether oxygens (including phenoxy) is 1. The van der Waals surface area contributed by atoms with E-state index in [1.807, 2.05) is 0 Å². The van der Waals surface area contributed by atoms with Gasteiger partial charge in [0.05, 0.1) is 23.7 Å². The van der Waals surface area contributed by atoms with E-state index in [2.05, 4.69) is 21.2 Å². The predicted octanol–water partition coefficient (Wildman–Crippen LogP) is 0.919. The van der Waals surface area contributed by atoms with Crippen LogP contribution in [0.2, 0.25) is 0 Å². The number of rotatable bonds is 8. The van der Waals surface area contributed by atoms with Crippen LogP contribution in [0.25, 0.3) is 0 Å². The molecule has 8 nitrogen and oxygen atoms in total. The van der Waals surface area contributed by atoms with Crippen LogP contribution in [0.15, 0.2) is 28.7 Å². The van der Waals surface area contributed by atoms with E-state index in [0.717, 1.165) is 4.47 Å². The Hall–Kier alpha value is -1.01. The van der Waals surface area contributed by atoms with Crippen LogP contribution in [0.3, 0.4) is 0 Å². The van der Waals surface area contributed by atoms with Crippen LogP contribution in [0.4, 0.5) is 0 Å². The van der Waals surface area contributed by atoms with Crippen molar-refractivity contribution in [2.24, 2.45) is 0 Å². The average molecular weight is 497 g/mol. The lowest BCUT2D eigenvalue weighted by Gasteiger charge is -2.34. The molecule has 28 heavy (non-hydrogen) atoms. The highest BCUT2D eigenvalue weighted by Crippen LogP contribution is 2.15. The highest BCUT2D eigenvalue weighted by Gasteiger charge is 2.30. The molecule has 1 aliphatic heterocycles. The number of carbonyl (C=O) groups excluding carboxylic acids is 1. The van der Waals surface area contributed by atoms with Crippen LogP contribution in [0, 0.1) is 0 Å². The monoisotopic (exact) mass is 496 g/mol. The van der Waals surface area contributed by atoms with Crippen molar-refractivity contribution in [1.29, 1.82) is 0 Å². The summed E-state index contributed by atoms with van der Waals surface area (Å²) in [6.07, 6.45) is -0.396. The third kappa shape index (κ3) is 7.43. The number of benzene rings is 1. The molecule has 1 N–H and O–H groups in total. The Balaban J connectivity index is 1.83. The van der Waals surface area contributed by atoms with Gasteiger partial charge in [0, 0.05) is 24.1 Å². The maximum atomic E-state index is 12.4. The third-order valence-corrected chi connectivity index (χ3v) is 7.86. The maximum absolute atomic E-state index is 12.4. The number of nitrogens with one attached hydrogen (secondary N) is 1. The molecule has 2 rings (SSSR count). The molecule has 1 aromatic carbocycles. The Morgan fingerprint density at radius 2 is 1.86 bits per heavy atom. The van der Waals surface area contributed by atoms with E-state index in [1.54, 1.807) is 38.1 Å². The lowest BCUT2D eigenvalue weighted by Crippen LogP contribution is -2.49. The van der Waals surface area contributed by atoms with E-state index in [0.29, 0.717) is 5.56 Å². The molecule has 158 valence electrons. The second-order valence-corrected chi connectivity index (χ2v) is 12.0. The van der Waals surface area contributed by atoms with Gasteiger partial charge in [-0.2, -0.15) is 4.31 Å². The van der Waals surface area contributed by atoms with Gasteiger partial charge in [0.1, 0.15) is 5.75 Å². The van der Waals surface area contributed by atoms with Gasteiger partial charge < -0.3 is 10.1 Å². The second-order valence-electron chi connectivity index (χ2n) is 6.90. The van der Waals surface area contributed by atoms with Gasteiger partial charge >= 0.3 is 0 Å². The molecule has 0 aliphatic carbocycles. The molecule has 0 bridgehead atoms. The van der Waals surface area contributed by atoms with Crippen LogP contribution < -0.4 is 5.32 Å². The summed E-state index contributed by atoms with van der Waals surface area (Å²) in [6, 6.07) is 6.83. The summed E-state index contributed by atoms with van der Waals surface area (Å²) in [7, 11) is -7.22. The summed E-state index contributed by atoms with van der Waals surface area (Å²) < 4.78 is 56.8. The normalized spacial score (nSPS) is 21.4. The number of sulfonamides is 1. The van der Waals surface area contributed by atoms with E-state index < -0.39 is 31.5 Å². The number of hydrogen-bond donors (Lipinski definition) is 1. The average Bonchev–Trinajstić information content (AvgIpc) is 2.52. The molecule has 1 aromatic rings. The minimum absolute atomic E-state index is 0.145. The van der Waals surface area contributed by atoms with E-state index >= 15 is 0 Å². The molecular formula is C17H25BrN2O6S2. The van der Waals surface area contributed by atoms with Crippen LogP contribution in [0.5, 0.6) is 0 Å². The standard InChI is InChI=1S/C17H25BrN2O6S2/c1-13-9-20(10-14(2)26-13)28(24,25)7-6-19-17(21)12-27(22,23)11-15-4-3-5-16(18)8-15/h3-5,8,13-14H,6-7,9-12H2,1-2H3,(H,19,21). The van der Waals surface area contributed by atoms with E-state index in [9.17, 15) is 21.6 Å². The van der Waals surface area contributed by atoms with Crippen molar-refractivity contribution >= 4 is 41.7 Å². The summed E-state index contributed by atoms with van der Waals surface area (Å²) in [4.78, 5) is 12.0. The molecule has 1 saturated heterocycles. The summed E-state index contributed by atoms with van der Waals surface area (Å²) in [5.74, 6) is -1.95. The summed E-state index contributed by atoms with van der Waals surface area (Å²) >= 11 is 3.27. The van der Waals surface area contributed by atoms with Crippen molar-refractivity contribution in [2.75, 3.05) is 31.1 Å². The zero-order valence-corrected chi connectivity index (χ0v) is 19.0. The molecule has 1 heterocycles. The van der Waals surface area contributed by atoms with Gasteiger partial charge in [-0.3, -0.25) is 4.79 Å². The van der Waals surface area contributed by atoms with Gasteiger partial charge in [0.25, 0.3) is 0 Å². The molecule has 2 unspecified atom stereocenters. The largest absolute Gasteiger partial charge is 0.373 e. The molecular weight excluding hydrogens is 472 g/mol. The maximum Gasteiger partial charge on any atom is 0.235 e. The van der Waals surface area contributed by atoms with Gasteiger partial charge in [-0.25, -0.2) is 16.8 Å². The Morgan fingerprint density at radius 3 is 2.46 bits per heavy atom. The molecule has 11 heteroatoms. The third-order valence-electron chi connectivity index (χ3n) is 4.09. The first-order chi connectivity index (χ1) is 13.0. The van der Waals surface area contributed by atoms with Gasteiger partial charge in [-0.1, -0.05) is 28.1 Å². The van der Waals surface area contributed by atoms with Crippen molar-refractivity contribution < 1.29 is 26.4 Å². The Morgan fingerprint density at radius 1 is 1.21 bits per heavy atom. The van der Waals surface area contributed by atoms with Crippen molar-refractivity contribution in [3.8, 4) is 0 Å². The van der Waals surface area contributed by atoms with Crippen molar-refractivity contribution in [2.45, 2.75) is 31.8 Å². The fourth-order valence-corrected chi connectivity index (χ4v) is 6.22. The Labute approximate surface area is 174 Å². The number of amides is 1. The van der Waals surface area contributed by atoms with E-state index in [1.165, 1.54) is 4.31 Å². The number of carbonyl (C=O) groups is 1. The molecule has 1 fully saturated rings. The quantitative estimate of drug-likeness (QED) is 0.572. The molecule has 2 atom stereocenters. The molecule has 0 radical (unpaired) electrons. The van der Waals surface area contributed by atoms with Crippen LogP contribution in [-0.4, -0.2) is 70.4 Å². The first-order valence-electron chi connectivity index (χ1n) is 8.82. The topological polar surface area (TPSA) is 110 Å². The fraction of sp³-hybridized carbons (Fsp3) is 0.588. The Kier molecular flexibility index (Phi) is 8.03. The molecule has 0 saturated carbocycles. The predicted molar refractivity (Wildman–Crippen MR) is 110 cm³/mol. The number of halogens is 1. The van der Waals surface area contributed by atoms with Gasteiger partial charge in [0.15, 0.2) is 9.84 Å². The number of nitrogens with zero attached hydrogens (tertiary/aromatic N) is 1. The van der Waals surface area contributed by atoms with Gasteiger partial charge in [-0.05, 0) is 31.5 Å². The van der Waals surface area contributed by atoms with Crippen LogP contribution >= 0.6 is 15.9 Å². The minimum atomic E-state index is -3.66. The smallest absolute Gasteiger partial charge is 0.235 e. The number of morpholine rings is 1. The van der Waals surface area contributed by atoms with E-state index in [4.69, 9.17) is 4.74 Å². The van der Waals surface area contributed by atoms with Crippen molar-refractivity contribution in [3.05, 3.63) is 34.3 Å². The Bertz CT molecular complexity index is 894. The van der Waals surface area contributed by atoms with Gasteiger partial charge in [-0.15, -0.1) is 0 Å². The first-order valence-corrected chi connectivity index (χ1v) is 13.0. The molecule has 1 aliphatic rings. The number of hydrogen-bond acceptors (Lipinski definition) is 6. The second kappa shape index (κ2) is 9.66. The lowest BCUT2D eigenvalue weighted by molar-refractivity contribution is -0.118. The fourth-order valence-electron chi connectivity index (χ4n) is 2.99. The zero-order chi connectivity index (χ0) is 20.9. The summed E-state index contributed by atoms with van der Waals surface area (Å²) in [6.45, 7) is 3.99. The lowest BCUT2D eigenvalue weighted by atomic mass is 10.2. The van der Waals surface area contributed by atoms with Crippen LogP contribution in [0.1, 0.15) is 19.4 Å². The van der Waals surface area contributed by atoms with Crippen molar-refractivity contribution in [1.82, 2.24) is 9.62 Å². The summed E-state index contributed by atoms with van der Waals surface area (Å²) in [5, 5.41) is 2.39.